The van der Waals surface area contributed by atoms with Crippen molar-refractivity contribution in [3.05, 3.63) is 0 Å². The average molecular weight is 487 g/mol. The van der Waals surface area contributed by atoms with E-state index in [-0.39, 0.29) is 0 Å². The Morgan fingerprint density at radius 3 is 0.971 bits per heavy atom. The van der Waals surface area contributed by atoms with E-state index in [1.165, 1.54) is 38.5 Å². The van der Waals surface area contributed by atoms with Crippen LogP contribution in [0.1, 0.15) is 120 Å². The monoisotopic (exact) mass is 486 g/mol. The predicted octanol–water partition coefficient (Wildman–Crippen LogP) is 10.6. The van der Waals surface area contributed by atoms with Crippen LogP contribution in [-0.4, -0.2) is 14.1 Å². The molecule has 0 heterocycles. The number of hydrogen-bond acceptors (Lipinski definition) is 0. The Balaban J connectivity index is 1.81. The van der Waals surface area contributed by atoms with Crippen LogP contribution in [0.3, 0.4) is 0 Å². The highest BCUT2D eigenvalue weighted by Crippen LogP contribution is 2.47. The Morgan fingerprint density at radius 1 is 0.471 bits per heavy atom. The third-order valence-corrected chi connectivity index (χ3v) is 15.2. The molecular weight excluding hydrogens is 423 g/mol. The third kappa shape index (κ3) is 8.01. The normalized spacial score (nSPS) is 39.7. The SMILES string of the molecule is CC1CCC(C(C)C)[C@@H]([CH2][Al]([CH2][C@H]2CC(C)CCC2C(C)C)[CH2][C@H]2CC(C)CCC2C(C)C)C1. The average Bonchev–Trinajstić information content (AvgIpc) is 2.73. The van der Waals surface area contributed by atoms with Crippen LogP contribution in [0.4, 0.5) is 0 Å². The van der Waals surface area contributed by atoms with Crippen molar-refractivity contribution < 1.29 is 0 Å². The molecule has 0 spiro atoms. The van der Waals surface area contributed by atoms with Crippen molar-refractivity contribution in [2.45, 2.75) is 136 Å². The maximum atomic E-state index is 2.56. The minimum absolute atomic E-state index is 0.774. The molecule has 0 aliphatic heterocycles. The molecule has 0 saturated heterocycles. The van der Waals surface area contributed by atoms with Crippen LogP contribution in [0.2, 0.25) is 15.8 Å². The second-order valence-corrected chi connectivity index (χ2v) is 18.5. The van der Waals surface area contributed by atoms with E-state index in [0.29, 0.717) is 0 Å². The van der Waals surface area contributed by atoms with E-state index in [1.54, 1.807) is 35.1 Å². The van der Waals surface area contributed by atoms with Gasteiger partial charge in [-0.2, -0.15) is 0 Å². The summed E-state index contributed by atoms with van der Waals surface area (Å²) in [6.45, 7) is 22.9. The zero-order valence-corrected chi connectivity index (χ0v) is 26.1. The molecule has 3 aliphatic carbocycles. The molecule has 0 amide bonds. The van der Waals surface area contributed by atoms with E-state index in [9.17, 15) is 0 Å². The number of rotatable bonds is 9. The highest BCUT2D eigenvalue weighted by molar-refractivity contribution is 6.59. The summed E-state index contributed by atoms with van der Waals surface area (Å²) in [5, 5.41) is 5.08. The molecule has 0 bridgehead atoms. The van der Waals surface area contributed by atoms with E-state index >= 15 is 0 Å². The summed E-state index contributed by atoms with van der Waals surface area (Å²) in [4.78, 5) is 0. The van der Waals surface area contributed by atoms with Gasteiger partial charge < -0.3 is 0 Å². The molecular formula is C33H63Al. The second kappa shape index (κ2) is 13.4. The molecule has 3 rings (SSSR count). The van der Waals surface area contributed by atoms with Crippen LogP contribution in [0.15, 0.2) is 0 Å². The molecule has 198 valence electrons. The highest BCUT2D eigenvalue weighted by atomic mass is 27.2. The molecule has 6 unspecified atom stereocenters. The van der Waals surface area contributed by atoms with E-state index in [4.69, 9.17) is 0 Å². The van der Waals surface area contributed by atoms with Crippen molar-refractivity contribution in [1.82, 2.24) is 0 Å². The molecule has 34 heavy (non-hydrogen) atoms. The van der Waals surface area contributed by atoms with Crippen LogP contribution in [0.25, 0.3) is 0 Å². The summed E-state index contributed by atoms with van der Waals surface area (Å²) in [6.07, 6.45) is 13.7. The lowest BCUT2D eigenvalue weighted by atomic mass is 9.70. The minimum Gasteiger partial charge on any atom is -0.0907 e. The fraction of sp³-hybridized carbons (Fsp3) is 1.00. The van der Waals surface area contributed by atoms with Crippen molar-refractivity contribution in [2.24, 2.45) is 71.0 Å². The first kappa shape index (κ1) is 29.1. The summed E-state index contributed by atoms with van der Waals surface area (Å²) in [7, 11) is 0. The summed E-state index contributed by atoms with van der Waals surface area (Å²) >= 11 is -0.774. The molecule has 1 heteroatoms. The van der Waals surface area contributed by atoms with Gasteiger partial charge in [-0.1, -0.05) is 97.4 Å². The van der Waals surface area contributed by atoms with Gasteiger partial charge in [0.15, 0.2) is 0 Å². The van der Waals surface area contributed by atoms with Gasteiger partial charge in [0.05, 0.1) is 0 Å². The number of hydrogen-bond donors (Lipinski definition) is 0. The van der Waals surface area contributed by atoms with Gasteiger partial charge in [0.2, 0.25) is 0 Å². The molecule has 0 radical (unpaired) electrons. The molecule has 0 N–H and O–H groups in total. The summed E-state index contributed by atoms with van der Waals surface area (Å²) in [6, 6.07) is 0. The standard InChI is InChI=1S/3C11H21.Al/c3*1-8(2)11-6-5-9(3)7-10(11)4;/h3*8-11H,4-7H2,1-3H3;/t3*9?,10-,11?;/m000./s1. The highest BCUT2D eigenvalue weighted by Gasteiger charge is 2.40. The van der Waals surface area contributed by atoms with Gasteiger partial charge in [-0.05, 0) is 110 Å². The Bertz CT molecular complexity index is 498. The maximum absolute atomic E-state index is 2.56. The fourth-order valence-electron chi connectivity index (χ4n) is 9.59. The molecule has 0 aromatic heterocycles. The Hall–Kier alpha value is 0.532. The van der Waals surface area contributed by atoms with Crippen molar-refractivity contribution in [3.63, 3.8) is 0 Å². The van der Waals surface area contributed by atoms with Crippen molar-refractivity contribution in [1.29, 1.82) is 0 Å². The summed E-state index contributed by atoms with van der Waals surface area (Å²) in [5.41, 5.74) is 0. The minimum atomic E-state index is -0.774. The van der Waals surface area contributed by atoms with Crippen LogP contribution in [0, 0.1) is 71.0 Å². The first-order valence-electron chi connectivity index (χ1n) is 16.0. The zero-order chi connectivity index (χ0) is 25.0. The van der Waals surface area contributed by atoms with Gasteiger partial charge in [0.1, 0.15) is 0 Å². The van der Waals surface area contributed by atoms with Crippen molar-refractivity contribution in [2.75, 3.05) is 0 Å². The second-order valence-electron chi connectivity index (χ2n) is 15.3. The molecule has 3 fully saturated rings. The van der Waals surface area contributed by atoms with Crippen LogP contribution in [-0.2, 0) is 0 Å². The van der Waals surface area contributed by atoms with E-state index in [1.807, 2.05) is 0 Å². The quantitative estimate of drug-likeness (QED) is 0.284. The molecule has 0 aromatic carbocycles. The van der Waals surface area contributed by atoms with Crippen LogP contribution < -0.4 is 0 Å². The van der Waals surface area contributed by atoms with Gasteiger partial charge in [-0.3, -0.25) is 0 Å². The van der Waals surface area contributed by atoms with Crippen molar-refractivity contribution >= 4 is 14.1 Å². The molecule has 3 saturated carbocycles. The molecule has 3 aliphatic rings. The van der Waals surface area contributed by atoms with E-state index in [2.05, 4.69) is 62.3 Å². The molecule has 0 nitrogen and oxygen atoms in total. The lowest BCUT2D eigenvalue weighted by Crippen LogP contribution is -2.37. The van der Waals surface area contributed by atoms with E-state index < -0.39 is 14.1 Å². The molecule has 9 atom stereocenters. The lowest BCUT2D eigenvalue weighted by molar-refractivity contribution is 0.144. The Labute approximate surface area is 220 Å². The van der Waals surface area contributed by atoms with Gasteiger partial charge in [0, 0.05) is 0 Å². The Kier molecular flexibility index (Phi) is 11.4. The zero-order valence-electron chi connectivity index (χ0n) is 25.0. The first-order valence-corrected chi connectivity index (χ1v) is 18.5. The third-order valence-electron chi connectivity index (χ3n) is 11.4. The van der Waals surface area contributed by atoms with Crippen molar-refractivity contribution in [3.8, 4) is 0 Å². The van der Waals surface area contributed by atoms with Gasteiger partial charge in [-0.15, -0.1) is 0 Å². The van der Waals surface area contributed by atoms with Gasteiger partial charge in [0.25, 0.3) is 14.1 Å². The van der Waals surface area contributed by atoms with Gasteiger partial charge >= 0.3 is 0 Å². The smallest absolute Gasteiger partial charge is 0.0907 e. The topological polar surface area (TPSA) is 0 Å². The largest absolute Gasteiger partial charge is 0.262 e. The molecule has 0 aromatic rings. The first-order chi connectivity index (χ1) is 16.0. The van der Waals surface area contributed by atoms with E-state index in [0.717, 1.165) is 71.0 Å². The Morgan fingerprint density at radius 2 is 0.735 bits per heavy atom. The summed E-state index contributed by atoms with van der Waals surface area (Å²) in [5.74, 6) is 11.8. The predicted molar refractivity (Wildman–Crippen MR) is 155 cm³/mol. The lowest BCUT2D eigenvalue weighted by Gasteiger charge is -2.43. The fourth-order valence-corrected chi connectivity index (χ4v) is 14.4. The van der Waals surface area contributed by atoms with Gasteiger partial charge in [-0.25, -0.2) is 0 Å². The van der Waals surface area contributed by atoms with Crippen LogP contribution >= 0.6 is 0 Å². The van der Waals surface area contributed by atoms with Crippen LogP contribution in [0.5, 0.6) is 0 Å². The maximum Gasteiger partial charge on any atom is 0.262 e. The summed E-state index contributed by atoms with van der Waals surface area (Å²) < 4.78 is 0.